The van der Waals surface area contributed by atoms with Crippen molar-refractivity contribution < 1.29 is 9.18 Å². The van der Waals surface area contributed by atoms with Crippen LogP contribution in [0, 0.1) is 19.7 Å². The average Bonchev–Trinajstić information content (AvgIpc) is 3.14. The van der Waals surface area contributed by atoms with E-state index >= 15 is 0 Å². The van der Waals surface area contributed by atoms with Crippen LogP contribution in [0.25, 0.3) is 10.9 Å². The van der Waals surface area contributed by atoms with Crippen molar-refractivity contribution >= 4 is 16.8 Å². The Balaban J connectivity index is 1.49. The molecule has 0 saturated carbocycles. The molecular formula is C20H23FN4O. The van der Waals surface area contributed by atoms with E-state index in [4.69, 9.17) is 0 Å². The Labute approximate surface area is 151 Å². The fraction of sp³-hybridized carbons (Fsp3) is 0.400. The van der Waals surface area contributed by atoms with Gasteiger partial charge in [-0.1, -0.05) is 0 Å². The molecule has 0 spiro atoms. The Hall–Kier alpha value is -2.63. The molecule has 5 nitrogen and oxygen atoms in total. The molecule has 2 heterocycles. The van der Waals surface area contributed by atoms with Crippen LogP contribution in [-0.2, 0) is 17.6 Å². The minimum atomic E-state index is -0.226. The fourth-order valence-corrected chi connectivity index (χ4v) is 4.03. The molecule has 6 heteroatoms. The van der Waals surface area contributed by atoms with Gasteiger partial charge in [-0.2, -0.15) is 5.10 Å². The van der Waals surface area contributed by atoms with E-state index in [0.29, 0.717) is 12.8 Å². The summed E-state index contributed by atoms with van der Waals surface area (Å²) in [5.41, 5.74) is 6.19. The van der Waals surface area contributed by atoms with Gasteiger partial charge in [0.05, 0.1) is 11.7 Å². The molecule has 0 fully saturated rings. The Bertz CT molecular complexity index is 952. The zero-order valence-corrected chi connectivity index (χ0v) is 15.1. The summed E-state index contributed by atoms with van der Waals surface area (Å²) in [4.78, 5) is 15.9. The van der Waals surface area contributed by atoms with Crippen LogP contribution in [0.2, 0.25) is 0 Å². The number of nitrogens with one attached hydrogen (secondary N) is 3. The maximum atomic E-state index is 13.6. The van der Waals surface area contributed by atoms with Gasteiger partial charge in [0.25, 0.3) is 0 Å². The number of carbonyl (C=O) groups excluding carboxylic acids is 1. The van der Waals surface area contributed by atoms with Crippen molar-refractivity contribution in [3.63, 3.8) is 0 Å². The van der Waals surface area contributed by atoms with Crippen LogP contribution in [0.15, 0.2) is 18.2 Å². The second-order valence-corrected chi connectivity index (χ2v) is 7.13. The Kier molecular flexibility index (Phi) is 4.26. The Morgan fingerprint density at radius 1 is 1.38 bits per heavy atom. The number of aromatic nitrogens is 3. The Morgan fingerprint density at radius 3 is 3.00 bits per heavy atom. The second-order valence-electron chi connectivity index (χ2n) is 7.13. The van der Waals surface area contributed by atoms with Crippen LogP contribution in [0.4, 0.5) is 4.39 Å². The molecule has 1 aliphatic carbocycles. The summed E-state index contributed by atoms with van der Waals surface area (Å²) >= 11 is 0. The van der Waals surface area contributed by atoms with Crippen LogP contribution < -0.4 is 5.32 Å². The van der Waals surface area contributed by atoms with Crippen LogP contribution in [-0.4, -0.2) is 21.1 Å². The van der Waals surface area contributed by atoms with E-state index in [0.717, 1.165) is 58.4 Å². The van der Waals surface area contributed by atoms with Gasteiger partial charge in [-0.05, 0) is 68.9 Å². The molecule has 1 amide bonds. The van der Waals surface area contributed by atoms with Gasteiger partial charge >= 0.3 is 0 Å². The third-order valence-corrected chi connectivity index (χ3v) is 5.39. The normalized spacial score (nSPS) is 16.7. The van der Waals surface area contributed by atoms with E-state index in [1.54, 1.807) is 12.1 Å². The molecule has 3 N–H and O–H groups in total. The summed E-state index contributed by atoms with van der Waals surface area (Å²) in [7, 11) is 0. The monoisotopic (exact) mass is 354 g/mol. The second kappa shape index (κ2) is 6.59. The lowest BCUT2D eigenvalue weighted by Crippen LogP contribution is -2.31. The first-order valence-corrected chi connectivity index (χ1v) is 9.12. The lowest BCUT2D eigenvalue weighted by molar-refractivity contribution is -0.121. The fourth-order valence-electron chi connectivity index (χ4n) is 4.03. The van der Waals surface area contributed by atoms with Crippen LogP contribution in [0.1, 0.15) is 53.5 Å². The van der Waals surface area contributed by atoms with Crippen LogP contribution in [0.3, 0.4) is 0 Å². The molecule has 0 aliphatic heterocycles. The quantitative estimate of drug-likeness (QED) is 0.667. The predicted octanol–water partition coefficient (Wildman–Crippen LogP) is 3.77. The summed E-state index contributed by atoms with van der Waals surface area (Å²) in [5, 5.41) is 11.2. The first-order chi connectivity index (χ1) is 12.5. The van der Waals surface area contributed by atoms with Crippen molar-refractivity contribution in [2.45, 2.75) is 52.0 Å². The SMILES string of the molecule is Cc1n[nH]c(C)c1CCC(=O)NC1CCCc2c1[nH]c1ccc(F)cc21. The number of aryl methyl sites for hydroxylation is 3. The largest absolute Gasteiger partial charge is 0.356 e. The molecule has 0 bridgehead atoms. The van der Waals surface area contributed by atoms with Crippen molar-refractivity contribution in [1.29, 1.82) is 0 Å². The van der Waals surface area contributed by atoms with Crippen LogP contribution in [0.5, 0.6) is 0 Å². The van der Waals surface area contributed by atoms with Gasteiger partial charge in [-0.25, -0.2) is 4.39 Å². The maximum Gasteiger partial charge on any atom is 0.220 e. The molecule has 0 saturated heterocycles. The lowest BCUT2D eigenvalue weighted by Gasteiger charge is -2.24. The van der Waals surface area contributed by atoms with Crippen molar-refractivity contribution in [2.24, 2.45) is 0 Å². The summed E-state index contributed by atoms with van der Waals surface area (Å²) < 4.78 is 13.6. The van der Waals surface area contributed by atoms with Gasteiger partial charge in [0, 0.05) is 28.7 Å². The number of carbonyl (C=O) groups is 1. The number of amides is 1. The van der Waals surface area contributed by atoms with Gasteiger partial charge in [0.2, 0.25) is 5.91 Å². The van der Waals surface area contributed by atoms with Crippen molar-refractivity contribution in [3.05, 3.63) is 52.2 Å². The van der Waals surface area contributed by atoms with E-state index < -0.39 is 0 Å². The van der Waals surface area contributed by atoms with Crippen molar-refractivity contribution in [1.82, 2.24) is 20.5 Å². The standard InChI is InChI=1S/C20H23FN4O/c1-11-14(12(2)25-24-11)7-9-19(26)22-18-5-3-4-15-16-10-13(21)6-8-17(16)23-20(15)18/h6,8,10,18,23H,3-5,7,9H2,1-2H3,(H,22,26)(H,24,25). The number of nitrogens with zero attached hydrogens (tertiary/aromatic N) is 1. The van der Waals surface area contributed by atoms with Crippen LogP contribution >= 0.6 is 0 Å². The molecule has 2 aromatic heterocycles. The highest BCUT2D eigenvalue weighted by molar-refractivity contribution is 5.85. The smallest absolute Gasteiger partial charge is 0.220 e. The van der Waals surface area contributed by atoms with Gasteiger partial charge in [-0.15, -0.1) is 0 Å². The molecule has 26 heavy (non-hydrogen) atoms. The van der Waals surface area contributed by atoms with E-state index in [-0.39, 0.29) is 17.8 Å². The molecule has 1 aromatic carbocycles. The van der Waals surface area contributed by atoms with E-state index in [2.05, 4.69) is 20.5 Å². The van der Waals surface area contributed by atoms with E-state index in [9.17, 15) is 9.18 Å². The number of rotatable bonds is 4. The summed E-state index contributed by atoms with van der Waals surface area (Å²) in [5.74, 6) is -0.191. The zero-order valence-electron chi connectivity index (χ0n) is 15.1. The number of hydrogen-bond donors (Lipinski definition) is 3. The van der Waals surface area contributed by atoms with Gasteiger partial charge in [0.1, 0.15) is 5.82 Å². The number of H-pyrrole nitrogens is 2. The maximum absolute atomic E-state index is 13.6. The van der Waals surface area contributed by atoms with Crippen molar-refractivity contribution in [2.75, 3.05) is 0 Å². The molecule has 136 valence electrons. The number of benzene rings is 1. The lowest BCUT2D eigenvalue weighted by atomic mass is 9.91. The molecule has 4 rings (SSSR count). The molecule has 1 unspecified atom stereocenters. The number of fused-ring (bicyclic) bond motifs is 3. The Morgan fingerprint density at radius 2 is 2.23 bits per heavy atom. The summed E-state index contributed by atoms with van der Waals surface area (Å²) in [6.45, 7) is 3.93. The third-order valence-electron chi connectivity index (χ3n) is 5.39. The summed E-state index contributed by atoms with van der Waals surface area (Å²) in [6.07, 6.45) is 3.91. The third kappa shape index (κ3) is 3.00. The topological polar surface area (TPSA) is 73.6 Å². The van der Waals surface area contributed by atoms with E-state index in [1.165, 1.54) is 6.07 Å². The molecular weight excluding hydrogens is 331 g/mol. The first kappa shape index (κ1) is 16.8. The minimum Gasteiger partial charge on any atom is -0.356 e. The molecule has 1 atom stereocenters. The van der Waals surface area contributed by atoms with Gasteiger partial charge in [-0.3, -0.25) is 9.89 Å². The number of halogens is 1. The molecule has 1 aliphatic rings. The number of aromatic amines is 2. The van der Waals surface area contributed by atoms with Gasteiger partial charge < -0.3 is 10.3 Å². The first-order valence-electron chi connectivity index (χ1n) is 9.12. The van der Waals surface area contributed by atoms with E-state index in [1.807, 2.05) is 13.8 Å². The highest BCUT2D eigenvalue weighted by Gasteiger charge is 2.25. The number of hydrogen-bond acceptors (Lipinski definition) is 2. The molecule has 0 radical (unpaired) electrons. The van der Waals surface area contributed by atoms with Crippen molar-refractivity contribution in [3.8, 4) is 0 Å². The van der Waals surface area contributed by atoms with Gasteiger partial charge in [0.15, 0.2) is 0 Å². The summed E-state index contributed by atoms with van der Waals surface area (Å²) in [6, 6.07) is 4.78. The molecule has 3 aromatic rings. The highest BCUT2D eigenvalue weighted by atomic mass is 19.1. The zero-order chi connectivity index (χ0) is 18.3. The minimum absolute atomic E-state index is 0.0340. The highest BCUT2D eigenvalue weighted by Crippen LogP contribution is 2.35. The predicted molar refractivity (Wildman–Crippen MR) is 98.5 cm³/mol. The average molecular weight is 354 g/mol.